The predicted molar refractivity (Wildman–Crippen MR) is 102 cm³/mol. The van der Waals surface area contributed by atoms with Crippen LogP contribution in [0.2, 0.25) is 0 Å². The largest absolute Gasteiger partial charge is 0.466 e. The van der Waals surface area contributed by atoms with Gasteiger partial charge in [0.15, 0.2) is 0 Å². The van der Waals surface area contributed by atoms with E-state index in [2.05, 4.69) is 44.7 Å². The number of hydrogen-bond acceptors (Lipinski definition) is 5. The monoisotopic (exact) mass is 362 g/mol. The maximum absolute atomic E-state index is 11.6. The average Bonchev–Trinajstić information content (AvgIpc) is 2.67. The van der Waals surface area contributed by atoms with E-state index >= 15 is 0 Å². The number of carbonyl (C=O) groups is 2. The minimum Gasteiger partial charge on any atom is -0.466 e. The van der Waals surface area contributed by atoms with Crippen LogP contribution in [0.4, 0.5) is 10.5 Å². The molecule has 0 saturated carbocycles. The molecule has 1 heterocycles. The van der Waals surface area contributed by atoms with Crippen LogP contribution in [0.5, 0.6) is 0 Å². The Morgan fingerprint density at radius 1 is 1.04 bits per heavy atom. The lowest BCUT2D eigenvalue weighted by molar-refractivity contribution is -0.142. The number of anilines is 1. The Bertz CT molecular complexity index is 545. The van der Waals surface area contributed by atoms with Gasteiger partial charge in [-0.2, -0.15) is 0 Å². The van der Waals surface area contributed by atoms with Gasteiger partial charge in [0.25, 0.3) is 0 Å². The molecular formula is C19H30N4O3. The van der Waals surface area contributed by atoms with Gasteiger partial charge in [0.2, 0.25) is 0 Å². The molecule has 2 amide bonds. The van der Waals surface area contributed by atoms with E-state index in [1.165, 1.54) is 5.69 Å². The van der Waals surface area contributed by atoms with E-state index in [1.54, 1.807) is 6.92 Å². The van der Waals surface area contributed by atoms with Crippen LogP contribution < -0.4 is 15.5 Å². The Kier molecular flexibility index (Phi) is 8.75. The van der Waals surface area contributed by atoms with Gasteiger partial charge in [0, 0.05) is 45.0 Å². The van der Waals surface area contributed by atoms with Crippen molar-refractivity contribution in [2.45, 2.75) is 19.8 Å². The molecular weight excluding hydrogens is 332 g/mol. The topological polar surface area (TPSA) is 73.9 Å². The molecule has 1 aromatic carbocycles. The Labute approximate surface area is 155 Å². The van der Waals surface area contributed by atoms with Crippen molar-refractivity contribution in [1.29, 1.82) is 0 Å². The fourth-order valence-corrected chi connectivity index (χ4v) is 2.95. The minimum absolute atomic E-state index is 0.201. The molecule has 0 radical (unpaired) electrons. The van der Waals surface area contributed by atoms with Gasteiger partial charge in [-0.3, -0.25) is 9.69 Å². The number of hydrogen-bond donors (Lipinski definition) is 2. The van der Waals surface area contributed by atoms with Crippen molar-refractivity contribution in [1.82, 2.24) is 15.5 Å². The third kappa shape index (κ3) is 7.31. The van der Waals surface area contributed by atoms with Crippen LogP contribution in [0.15, 0.2) is 30.3 Å². The molecule has 7 heteroatoms. The number of nitrogens with zero attached hydrogens (tertiary/aromatic N) is 2. The Morgan fingerprint density at radius 3 is 2.42 bits per heavy atom. The van der Waals surface area contributed by atoms with E-state index in [4.69, 9.17) is 4.74 Å². The fraction of sp³-hybridized carbons (Fsp3) is 0.579. The number of amides is 2. The average molecular weight is 362 g/mol. The molecule has 1 fully saturated rings. The number of urea groups is 1. The number of esters is 1. The first-order valence-corrected chi connectivity index (χ1v) is 9.38. The normalized spacial score (nSPS) is 14.7. The van der Waals surface area contributed by atoms with Gasteiger partial charge in [-0.05, 0) is 32.0 Å². The van der Waals surface area contributed by atoms with E-state index < -0.39 is 0 Å². The first-order chi connectivity index (χ1) is 12.7. The van der Waals surface area contributed by atoms with Crippen molar-refractivity contribution in [3.63, 3.8) is 0 Å². The van der Waals surface area contributed by atoms with Gasteiger partial charge < -0.3 is 20.3 Å². The summed E-state index contributed by atoms with van der Waals surface area (Å²) in [5.74, 6) is -0.289. The SMILES string of the molecule is CCOC(=O)CCNC(=O)NCCCN1CCN(c2ccccc2)CC1. The molecule has 0 spiro atoms. The van der Waals surface area contributed by atoms with E-state index in [9.17, 15) is 9.59 Å². The van der Waals surface area contributed by atoms with E-state index in [-0.39, 0.29) is 18.4 Å². The summed E-state index contributed by atoms with van der Waals surface area (Å²) in [5.41, 5.74) is 1.29. The second kappa shape index (κ2) is 11.4. The van der Waals surface area contributed by atoms with E-state index in [0.717, 1.165) is 39.1 Å². The molecule has 1 aliphatic rings. The smallest absolute Gasteiger partial charge is 0.314 e. The summed E-state index contributed by atoms with van der Waals surface area (Å²) in [6.07, 6.45) is 1.11. The van der Waals surface area contributed by atoms with Crippen molar-refractivity contribution in [3.05, 3.63) is 30.3 Å². The third-order valence-corrected chi connectivity index (χ3v) is 4.35. The van der Waals surface area contributed by atoms with Gasteiger partial charge in [0.05, 0.1) is 13.0 Å². The van der Waals surface area contributed by atoms with Crippen molar-refractivity contribution in [2.75, 3.05) is 57.3 Å². The Morgan fingerprint density at radius 2 is 1.73 bits per heavy atom. The van der Waals surface area contributed by atoms with Gasteiger partial charge in [-0.15, -0.1) is 0 Å². The van der Waals surface area contributed by atoms with E-state index in [0.29, 0.717) is 19.7 Å². The molecule has 0 unspecified atom stereocenters. The highest BCUT2D eigenvalue weighted by molar-refractivity contribution is 5.75. The molecule has 1 aromatic rings. The summed E-state index contributed by atoms with van der Waals surface area (Å²) < 4.78 is 4.81. The molecule has 1 saturated heterocycles. The number of para-hydroxylation sites is 1. The zero-order chi connectivity index (χ0) is 18.6. The number of benzene rings is 1. The van der Waals surface area contributed by atoms with Crippen molar-refractivity contribution >= 4 is 17.7 Å². The van der Waals surface area contributed by atoms with Crippen LogP contribution in [0.1, 0.15) is 19.8 Å². The molecule has 2 rings (SSSR count). The number of piperazine rings is 1. The van der Waals surface area contributed by atoms with Crippen LogP contribution in [-0.4, -0.2) is 69.3 Å². The van der Waals surface area contributed by atoms with Crippen LogP contribution in [0, 0.1) is 0 Å². The lowest BCUT2D eigenvalue weighted by Crippen LogP contribution is -2.47. The summed E-state index contributed by atoms with van der Waals surface area (Å²) in [7, 11) is 0. The second-order valence-corrected chi connectivity index (χ2v) is 6.26. The molecule has 0 aromatic heterocycles. The zero-order valence-corrected chi connectivity index (χ0v) is 15.6. The summed E-state index contributed by atoms with van der Waals surface area (Å²) in [6, 6.07) is 10.3. The van der Waals surface area contributed by atoms with Crippen molar-refractivity contribution in [3.8, 4) is 0 Å². The summed E-state index contributed by atoms with van der Waals surface area (Å²) in [4.78, 5) is 27.6. The predicted octanol–water partition coefficient (Wildman–Crippen LogP) is 1.45. The lowest BCUT2D eigenvalue weighted by Gasteiger charge is -2.36. The van der Waals surface area contributed by atoms with Crippen LogP contribution in [0.25, 0.3) is 0 Å². The third-order valence-electron chi connectivity index (χ3n) is 4.35. The molecule has 26 heavy (non-hydrogen) atoms. The molecule has 0 bridgehead atoms. The molecule has 7 nitrogen and oxygen atoms in total. The quantitative estimate of drug-likeness (QED) is 0.514. The standard InChI is InChI=1S/C19H30N4O3/c1-2-26-18(24)9-11-21-19(25)20-10-6-12-22-13-15-23(16-14-22)17-7-4-3-5-8-17/h3-5,7-8H,2,6,9-16H2,1H3,(H2,20,21,25). The van der Waals surface area contributed by atoms with E-state index in [1.807, 2.05) is 6.07 Å². The van der Waals surface area contributed by atoms with Crippen LogP contribution in [0.3, 0.4) is 0 Å². The molecule has 1 aliphatic heterocycles. The van der Waals surface area contributed by atoms with Crippen molar-refractivity contribution < 1.29 is 14.3 Å². The highest BCUT2D eigenvalue weighted by Crippen LogP contribution is 2.15. The fourth-order valence-electron chi connectivity index (χ4n) is 2.95. The number of carbonyl (C=O) groups excluding carboxylic acids is 2. The van der Waals surface area contributed by atoms with Crippen LogP contribution in [-0.2, 0) is 9.53 Å². The van der Waals surface area contributed by atoms with Gasteiger partial charge in [0.1, 0.15) is 0 Å². The summed E-state index contributed by atoms with van der Waals surface area (Å²) in [5, 5.41) is 5.49. The molecule has 0 aliphatic carbocycles. The van der Waals surface area contributed by atoms with Crippen LogP contribution >= 0.6 is 0 Å². The van der Waals surface area contributed by atoms with Gasteiger partial charge in [-0.25, -0.2) is 4.79 Å². The van der Waals surface area contributed by atoms with Crippen molar-refractivity contribution in [2.24, 2.45) is 0 Å². The maximum atomic E-state index is 11.6. The first kappa shape index (κ1) is 20.0. The Hall–Kier alpha value is -2.28. The highest BCUT2D eigenvalue weighted by atomic mass is 16.5. The highest BCUT2D eigenvalue weighted by Gasteiger charge is 2.16. The molecule has 144 valence electrons. The summed E-state index contributed by atoms with van der Waals surface area (Å²) in [6.45, 7) is 8.19. The number of ether oxygens (including phenoxy) is 1. The van der Waals surface area contributed by atoms with Gasteiger partial charge in [-0.1, -0.05) is 18.2 Å². The second-order valence-electron chi connectivity index (χ2n) is 6.26. The zero-order valence-electron chi connectivity index (χ0n) is 15.6. The lowest BCUT2D eigenvalue weighted by atomic mass is 10.2. The molecule has 2 N–H and O–H groups in total. The first-order valence-electron chi connectivity index (χ1n) is 9.38. The van der Waals surface area contributed by atoms with Gasteiger partial charge >= 0.3 is 12.0 Å². The maximum Gasteiger partial charge on any atom is 0.314 e. The summed E-state index contributed by atoms with van der Waals surface area (Å²) >= 11 is 0. The minimum atomic E-state index is -0.289. The number of rotatable bonds is 9. The number of nitrogens with one attached hydrogen (secondary N) is 2. The Balaban J connectivity index is 1.50. The molecule has 0 atom stereocenters.